The Morgan fingerprint density at radius 3 is 2.38 bits per heavy atom. The highest BCUT2D eigenvalue weighted by atomic mass is 35.5. The van der Waals surface area contributed by atoms with E-state index in [2.05, 4.69) is 10.3 Å². The fourth-order valence-corrected chi connectivity index (χ4v) is 2.52. The molecule has 1 aliphatic rings. The molecule has 29 heavy (non-hydrogen) atoms. The molecule has 2 rings (SSSR count). The number of carbonyl (C=O) groups excluding carboxylic acids is 4. The predicted octanol–water partition coefficient (Wildman–Crippen LogP) is 0.182. The first-order valence-electron chi connectivity index (χ1n) is 8.92. The lowest BCUT2D eigenvalue weighted by Gasteiger charge is -2.26. The number of carbonyl (C=O) groups is 4. The van der Waals surface area contributed by atoms with Crippen LogP contribution in [0.5, 0.6) is 0 Å². The number of halogens is 1. The fraction of sp³-hybridized carbons (Fsp3) is 0.500. The number of ether oxygens (including phenoxy) is 2. The van der Waals surface area contributed by atoms with Crippen molar-refractivity contribution >= 4 is 36.2 Å². The van der Waals surface area contributed by atoms with Gasteiger partial charge in [-0.3, -0.25) is 19.4 Å². The van der Waals surface area contributed by atoms with Crippen LogP contribution >= 0.6 is 12.4 Å². The third-order valence-electron chi connectivity index (χ3n) is 3.89. The Kier molecular flexibility index (Phi) is 12.2. The van der Waals surface area contributed by atoms with Gasteiger partial charge in [-0.1, -0.05) is 0 Å². The van der Waals surface area contributed by atoms with Crippen molar-refractivity contribution < 1.29 is 28.7 Å². The number of pyridine rings is 1. The zero-order valence-electron chi connectivity index (χ0n) is 16.4. The van der Waals surface area contributed by atoms with Crippen molar-refractivity contribution in [2.75, 3.05) is 19.8 Å². The highest BCUT2D eigenvalue weighted by molar-refractivity contribution is 5.95. The van der Waals surface area contributed by atoms with Crippen LogP contribution in [0.4, 0.5) is 0 Å². The van der Waals surface area contributed by atoms with Crippen LogP contribution in [0.2, 0.25) is 0 Å². The number of amides is 2. The average molecular weight is 431 g/mol. The summed E-state index contributed by atoms with van der Waals surface area (Å²) in [6, 6.07) is 2.38. The molecule has 2 amide bonds. The molecule has 1 aromatic rings. The third-order valence-corrected chi connectivity index (χ3v) is 3.89. The van der Waals surface area contributed by atoms with Crippen LogP contribution in [0.25, 0.3) is 0 Å². The van der Waals surface area contributed by atoms with Gasteiger partial charge in [-0.05, 0) is 45.4 Å². The SMILES string of the molecule is CCOC(=O)C1CCNC(C(N)=O)C1.CCOC(=O)c1ccnc(C(N)=O)c1.Cl. The Morgan fingerprint density at radius 1 is 1.17 bits per heavy atom. The fourth-order valence-electron chi connectivity index (χ4n) is 2.52. The van der Waals surface area contributed by atoms with Crippen LogP contribution in [-0.2, 0) is 19.1 Å². The van der Waals surface area contributed by atoms with Crippen molar-refractivity contribution in [2.45, 2.75) is 32.7 Å². The zero-order chi connectivity index (χ0) is 21.1. The molecule has 162 valence electrons. The molecule has 0 spiro atoms. The minimum absolute atomic E-state index is 0. The van der Waals surface area contributed by atoms with Crippen LogP contribution < -0.4 is 16.8 Å². The van der Waals surface area contributed by atoms with Gasteiger partial charge in [0.15, 0.2) is 0 Å². The van der Waals surface area contributed by atoms with E-state index in [1.54, 1.807) is 13.8 Å². The average Bonchev–Trinajstić information content (AvgIpc) is 2.69. The molecule has 0 aromatic carbocycles. The number of esters is 2. The van der Waals surface area contributed by atoms with Gasteiger partial charge in [0.25, 0.3) is 5.91 Å². The summed E-state index contributed by atoms with van der Waals surface area (Å²) in [5.74, 6) is -1.97. The van der Waals surface area contributed by atoms with E-state index in [0.29, 0.717) is 26.0 Å². The summed E-state index contributed by atoms with van der Waals surface area (Å²) in [4.78, 5) is 47.9. The van der Waals surface area contributed by atoms with Gasteiger partial charge in [0.1, 0.15) is 5.69 Å². The number of hydrogen-bond donors (Lipinski definition) is 3. The van der Waals surface area contributed by atoms with Gasteiger partial charge >= 0.3 is 11.9 Å². The summed E-state index contributed by atoms with van der Waals surface area (Å²) in [6.45, 7) is 4.77. The monoisotopic (exact) mass is 430 g/mol. The van der Waals surface area contributed by atoms with Crippen molar-refractivity contribution in [3.63, 3.8) is 0 Å². The van der Waals surface area contributed by atoms with Gasteiger partial charge in [-0.25, -0.2) is 4.79 Å². The Hall–Kier alpha value is -2.72. The quantitative estimate of drug-likeness (QED) is 0.538. The summed E-state index contributed by atoms with van der Waals surface area (Å²) in [7, 11) is 0. The smallest absolute Gasteiger partial charge is 0.338 e. The molecule has 2 heterocycles. The zero-order valence-corrected chi connectivity index (χ0v) is 17.2. The molecular weight excluding hydrogens is 404 g/mol. The van der Waals surface area contributed by atoms with E-state index in [1.165, 1.54) is 18.3 Å². The van der Waals surface area contributed by atoms with E-state index < -0.39 is 23.8 Å². The van der Waals surface area contributed by atoms with E-state index in [1.807, 2.05) is 0 Å². The molecule has 1 saturated heterocycles. The highest BCUT2D eigenvalue weighted by Crippen LogP contribution is 2.17. The van der Waals surface area contributed by atoms with Crippen LogP contribution in [0.3, 0.4) is 0 Å². The van der Waals surface area contributed by atoms with Crippen molar-refractivity contribution in [3.8, 4) is 0 Å². The lowest BCUT2D eigenvalue weighted by molar-refractivity contribution is -0.149. The molecule has 1 aromatic heterocycles. The first kappa shape index (κ1) is 26.3. The van der Waals surface area contributed by atoms with E-state index in [4.69, 9.17) is 20.9 Å². The Bertz CT molecular complexity index is 715. The van der Waals surface area contributed by atoms with E-state index in [0.717, 1.165) is 0 Å². The Balaban J connectivity index is 0.000000523. The lowest BCUT2D eigenvalue weighted by Crippen LogP contribution is -2.48. The molecule has 10 nitrogen and oxygen atoms in total. The van der Waals surface area contributed by atoms with E-state index in [-0.39, 0.29) is 42.2 Å². The second kappa shape index (κ2) is 13.5. The normalized spacial score (nSPS) is 17.6. The van der Waals surface area contributed by atoms with Crippen molar-refractivity contribution in [3.05, 3.63) is 29.6 Å². The van der Waals surface area contributed by atoms with Crippen LogP contribution in [0.15, 0.2) is 18.3 Å². The largest absolute Gasteiger partial charge is 0.466 e. The molecule has 1 fully saturated rings. The number of piperidine rings is 1. The number of primary amides is 2. The predicted molar refractivity (Wildman–Crippen MR) is 106 cm³/mol. The minimum atomic E-state index is -0.670. The summed E-state index contributed by atoms with van der Waals surface area (Å²) < 4.78 is 9.63. The van der Waals surface area contributed by atoms with Crippen LogP contribution in [0, 0.1) is 5.92 Å². The molecule has 0 aliphatic carbocycles. The maximum atomic E-state index is 11.4. The number of nitrogens with two attached hydrogens (primary N) is 2. The third kappa shape index (κ3) is 8.88. The number of rotatable bonds is 6. The standard InChI is InChI=1S/C9H16N2O3.C9H10N2O3.ClH/c2*1-2-14-9(13)6-3-4-11-7(5-6)8(10)12;/h6-7,11H,2-5H2,1H3,(H2,10,12);3-5H,2H2,1H3,(H2,10,12);1H. The molecule has 2 atom stereocenters. The summed E-state index contributed by atoms with van der Waals surface area (Å²) in [5.41, 5.74) is 10.5. The number of aromatic nitrogens is 1. The van der Waals surface area contributed by atoms with Gasteiger partial charge in [-0.2, -0.15) is 0 Å². The number of nitrogens with zero attached hydrogens (tertiary/aromatic N) is 1. The molecule has 0 bridgehead atoms. The summed E-state index contributed by atoms with van der Waals surface area (Å²) in [6.07, 6.45) is 2.50. The maximum Gasteiger partial charge on any atom is 0.338 e. The van der Waals surface area contributed by atoms with Crippen molar-refractivity contribution in [2.24, 2.45) is 17.4 Å². The summed E-state index contributed by atoms with van der Waals surface area (Å²) in [5, 5.41) is 2.96. The van der Waals surface area contributed by atoms with Gasteiger partial charge in [0, 0.05) is 6.20 Å². The number of nitrogens with one attached hydrogen (secondary N) is 1. The van der Waals surface area contributed by atoms with Crippen molar-refractivity contribution in [1.29, 1.82) is 0 Å². The van der Waals surface area contributed by atoms with Crippen LogP contribution in [-0.4, -0.2) is 54.5 Å². The molecule has 1 aliphatic heterocycles. The lowest BCUT2D eigenvalue weighted by atomic mass is 9.92. The Morgan fingerprint density at radius 2 is 1.83 bits per heavy atom. The number of hydrogen-bond acceptors (Lipinski definition) is 8. The topological polar surface area (TPSA) is 164 Å². The van der Waals surface area contributed by atoms with Gasteiger partial charge in [-0.15, -0.1) is 12.4 Å². The molecule has 2 unspecified atom stereocenters. The molecular formula is C18H27ClN4O6. The second-order valence-electron chi connectivity index (χ2n) is 5.90. The second-order valence-corrected chi connectivity index (χ2v) is 5.90. The summed E-state index contributed by atoms with van der Waals surface area (Å²) >= 11 is 0. The van der Waals surface area contributed by atoms with Gasteiger partial charge < -0.3 is 26.3 Å². The maximum absolute atomic E-state index is 11.4. The first-order valence-corrected chi connectivity index (χ1v) is 8.92. The van der Waals surface area contributed by atoms with Crippen molar-refractivity contribution in [1.82, 2.24) is 10.3 Å². The van der Waals surface area contributed by atoms with Gasteiger partial charge in [0.2, 0.25) is 5.91 Å². The Labute approximate surface area is 175 Å². The minimum Gasteiger partial charge on any atom is -0.466 e. The van der Waals surface area contributed by atoms with E-state index >= 15 is 0 Å². The molecule has 0 radical (unpaired) electrons. The first-order chi connectivity index (χ1) is 13.3. The van der Waals surface area contributed by atoms with Gasteiger partial charge in [0.05, 0.1) is 30.7 Å². The highest BCUT2D eigenvalue weighted by Gasteiger charge is 2.30. The van der Waals surface area contributed by atoms with E-state index in [9.17, 15) is 19.2 Å². The molecule has 0 saturated carbocycles. The van der Waals surface area contributed by atoms with Crippen LogP contribution in [0.1, 0.15) is 47.5 Å². The molecule has 5 N–H and O–H groups in total. The molecule has 11 heteroatoms.